The first kappa shape index (κ1) is 17.9. The quantitative estimate of drug-likeness (QED) is 0.801. The molecule has 2 rings (SSSR count). The number of aromatic amines is 1. The Balaban J connectivity index is 1.84. The Morgan fingerprint density at radius 3 is 2.87 bits per heavy atom. The van der Waals surface area contributed by atoms with E-state index in [4.69, 9.17) is 11.6 Å². The summed E-state index contributed by atoms with van der Waals surface area (Å²) in [6, 6.07) is 5.40. The van der Waals surface area contributed by atoms with Gasteiger partial charge >= 0.3 is 6.03 Å². The van der Waals surface area contributed by atoms with E-state index in [0.29, 0.717) is 18.1 Å². The Kier molecular flexibility index (Phi) is 5.81. The molecule has 0 unspecified atom stereocenters. The van der Waals surface area contributed by atoms with E-state index in [1.54, 1.807) is 18.0 Å². The molecule has 2 N–H and O–H groups in total. The van der Waals surface area contributed by atoms with Crippen LogP contribution in [0.15, 0.2) is 18.2 Å². The van der Waals surface area contributed by atoms with E-state index in [9.17, 15) is 4.79 Å². The molecule has 0 fully saturated rings. The molecular weight excluding hydrogens is 332 g/mol. The highest BCUT2D eigenvalue weighted by atomic mass is 35.5. The van der Waals surface area contributed by atoms with Crippen LogP contribution in [-0.4, -0.2) is 45.0 Å². The van der Waals surface area contributed by atoms with Gasteiger partial charge in [-0.3, -0.25) is 0 Å². The lowest BCUT2D eigenvalue weighted by Crippen LogP contribution is -2.38. The maximum Gasteiger partial charge on any atom is 0.317 e. The highest BCUT2D eigenvalue weighted by molar-refractivity contribution is 8.00. The van der Waals surface area contributed by atoms with Crippen molar-refractivity contribution in [2.24, 2.45) is 0 Å². The summed E-state index contributed by atoms with van der Waals surface area (Å²) in [6.07, 6.45) is 0. The number of halogens is 1. The third-order valence-corrected chi connectivity index (χ3v) is 4.65. The molecule has 0 atom stereocenters. The smallest absolute Gasteiger partial charge is 0.317 e. The second-order valence-electron chi connectivity index (χ2n) is 6.39. The van der Waals surface area contributed by atoms with Crippen molar-refractivity contribution in [3.05, 3.63) is 29.0 Å². The predicted molar refractivity (Wildman–Crippen MR) is 98.2 cm³/mol. The van der Waals surface area contributed by atoms with E-state index in [0.717, 1.165) is 22.6 Å². The van der Waals surface area contributed by atoms with E-state index < -0.39 is 0 Å². The number of hydrogen-bond donors (Lipinski definition) is 2. The number of nitrogens with one attached hydrogen (secondary N) is 2. The number of H-pyrrole nitrogens is 1. The minimum Gasteiger partial charge on any atom is -0.340 e. The van der Waals surface area contributed by atoms with Gasteiger partial charge in [-0.25, -0.2) is 9.78 Å². The topological polar surface area (TPSA) is 61.0 Å². The number of thioether (sulfide) groups is 1. The van der Waals surface area contributed by atoms with Crippen LogP contribution >= 0.6 is 23.4 Å². The molecular formula is C16H23ClN4OS. The fraction of sp³-hybridized carbons (Fsp3) is 0.500. The lowest BCUT2D eigenvalue weighted by Gasteiger charge is -2.19. The fourth-order valence-electron chi connectivity index (χ4n) is 2.06. The summed E-state index contributed by atoms with van der Waals surface area (Å²) in [4.78, 5) is 21.3. The number of amides is 2. The average molecular weight is 355 g/mol. The van der Waals surface area contributed by atoms with Crippen LogP contribution in [0.1, 0.15) is 26.6 Å². The van der Waals surface area contributed by atoms with Crippen LogP contribution in [-0.2, 0) is 6.54 Å². The first-order valence-electron chi connectivity index (χ1n) is 7.52. The van der Waals surface area contributed by atoms with Gasteiger partial charge in [-0.15, -0.1) is 0 Å². The molecule has 23 heavy (non-hydrogen) atoms. The summed E-state index contributed by atoms with van der Waals surface area (Å²) in [7, 11) is 1.76. The molecule has 0 saturated heterocycles. The number of aromatic nitrogens is 2. The molecule has 2 aromatic rings. The van der Waals surface area contributed by atoms with Crippen molar-refractivity contribution >= 4 is 40.4 Å². The zero-order valence-corrected chi connectivity index (χ0v) is 15.5. The molecule has 2 amide bonds. The Labute approximate surface area is 146 Å². The molecule has 1 aromatic carbocycles. The summed E-state index contributed by atoms with van der Waals surface area (Å²) in [6.45, 7) is 7.57. The van der Waals surface area contributed by atoms with Crippen molar-refractivity contribution in [2.45, 2.75) is 32.1 Å². The number of rotatable bonds is 5. The van der Waals surface area contributed by atoms with Gasteiger partial charge in [0.05, 0.1) is 17.6 Å². The molecule has 0 aliphatic rings. The highest BCUT2D eigenvalue weighted by Crippen LogP contribution is 2.22. The van der Waals surface area contributed by atoms with E-state index in [-0.39, 0.29) is 10.8 Å². The number of benzene rings is 1. The zero-order valence-electron chi connectivity index (χ0n) is 13.9. The average Bonchev–Trinajstić information content (AvgIpc) is 2.83. The molecule has 0 spiro atoms. The van der Waals surface area contributed by atoms with Gasteiger partial charge in [0.1, 0.15) is 5.82 Å². The Hall–Kier alpha value is -1.40. The third-order valence-electron chi connectivity index (χ3n) is 3.14. The first-order valence-corrected chi connectivity index (χ1v) is 8.88. The van der Waals surface area contributed by atoms with Gasteiger partial charge in [0.15, 0.2) is 0 Å². The molecule has 0 bridgehead atoms. The summed E-state index contributed by atoms with van der Waals surface area (Å²) in [5.74, 6) is 1.63. The number of fused-ring (bicyclic) bond motifs is 1. The van der Waals surface area contributed by atoms with Crippen molar-refractivity contribution in [1.82, 2.24) is 20.2 Å². The number of carbonyl (C=O) groups excluding carboxylic acids is 1. The van der Waals surface area contributed by atoms with Crippen LogP contribution in [0.5, 0.6) is 0 Å². The first-order chi connectivity index (χ1) is 10.7. The van der Waals surface area contributed by atoms with Gasteiger partial charge in [0.2, 0.25) is 0 Å². The second-order valence-corrected chi connectivity index (χ2v) is 8.75. The lowest BCUT2D eigenvalue weighted by molar-refractivity contribution is 0.206. The van der Waals surface area contributed by atoms with Crippen LogP contribution < -0.4 is 5.32 Å². The number of imidazole rings is 1. The highest BCUT2D eigenvalue weighted by Gasteiger charge is 2.13. The van der Waals surface area contributed by atoms with Gasteiger partial charge in [-0.2, -0.15) is 11.8 Å². The SMILES string of the molecule is CN(Cc1nc2ccc(Cl)cc2[nH]1)C(=O)NCCSC(C)(C)C. The molecule has 7 heteroatoms. The molecule has 0 aliphatic heterocycles. The number of nitrogens with zero attached hydrogens (tertiary/aromatic N) is 2. The standard InChI is InChI=1S/C16H23ClN4OS/c1-16(2,3)23-8-7-18-15(22)21(4)10-14-19-12-6-5-11(17)9-13(12)20-14/h5-6,9H,7-8,10H2,1-4H3,(H,18,22)(H,19,20). The largest absolute Gasteiger partial charge is 0.340 e. The van der Waals surface area contributed by atoms with E-state index in [1.807, 2.05) is 23.9 Å². The van der Waals surface area contributed by atoms with Crippen LogP contribution in [0.2, 0.25) is 5.02 Å². The van der Waals surface area contributed by atoms with Crippen LogP contribution in [0.4, 0.5) is 4.79 Å². The normalized spacial score (nSPS) is 11.7. The minimum absolute atomic E-state index is 0.0991. The predicted octanol–water partition coefficient (Wildman–Crippen LogP) is 3.89. The van der Waals surface area contributed by atoms with E-state index in [1.165, 1.54) is 0 Å². The maximum atomic E-state index is 12.1. The van der Waals surface area contributed by atoms with Gasteiger partial charge in [-0.1, -0.05) is 32.4 Å². The fourth-order valence-corrected chi connectivity index (χ4v) is 3.04. The zero-order chi connectivity index (χ0) is 17.0. The lowest BCUT2D eigenvalue weighted by atomic mass is 10.3. The van der Waals surface area contributed by atoms with Gasteiger partial charge in [0, 0.05) is 29.1 Å². The third kappa shape index (κ3) is 5.62. The van der Waals surface area contributed by atoms with Crippen LogP contribution in [0.3, 0.4) is 0 Å². The van der Waals surface area contributed by atoms with E-state index >= 15 is 0 Å². The second kappa shape index (κ2) is 7.45. The Bertz CT molecular complexity index is 680. The van der Waals surface area contributed by atoms with Crippen LogP contribution in [0.25, 0.3) is 11.0 Å². The summed E-state index contributed by atoms with van der Waals surface area (Å²) >= 11 is 7.79. The summed E-state index contributed by atoms with van der Waals surface area (Å²) in [5, 5.41) is 3.58. The summed E-state index contributed by atoms with van der Waals surface area (Å²) in [5.41, 5.74) is 1.72. The van der Waals surface area contributed by atoms with Crippen molar-refractivity contribution in [1.29, 1.82) is 0 Å². The number of hydrogen-bond acceptors (Lipinski definition) is 3. The molecule has 1 heterocycles. The van der Waals surface area contributed by atoms with Gasteiger partial charge < -0.3 is 15.2 Å². The maximum absolute atomic E-state index is 12.1. The van der Waals surface area contributed by atoms with Crippen molar-refractivity contribution in [3.8, 4) is 0 Å². The molecule has 1 aromatic heterocycles. The van der Waals surface area contributed by atoms with E-state index in [2.05, 4.69) is 36.1 Å². The van der Waals surface area contributed by atoms with Crippen molar-refractivity contribution in [2.75, 3.05) is 19.3 Å². The number of carbonyl (C=O) groups is 1. The monoisotopic (exact) mass is 354 g/mol. The van der Waals surface area contributed by atoms with Gasteiger partial charge in [0.25, 0.3) is 0 Å². The van der Waals surface area contributed by atoms with Gasteiger partial charge in [-0.05, 0) is 18.2 Å². The molecule has 0 saturated carbocycles. The Morgan fingerprint density at radius 2 is 2.17 bits per heavy atom. The van der Waals surface area contributed by atoms with Crippen molar-refractivity contribution < 1.29 is 4.79 Å². The molecule has 0 radical (unpaired) electrons. The molecule has 5 nitrogen and oxygen atoms in total. The Morgan fingerprint density at radius 1 is 1.43 bits per heavy atom. The van der Waals surface area contributed by atoms with Crippen LogP contribution in [0, 0.1) is 0 Å². The number of urea groups is 1. The minimum atomic E-state index is -0.0991. The van der Waals surface area contributed by atoms with Crippen molar-refractivity contribution in [3.63, 3.8) is 0 Å². The molecule has 126 valence electrons. The molecule has 0 aliphatic carbocycles. The summed E-state index contributed by atoms with van der Waals surface area (Å²) < 4.78 is 0.214.